The minimum atomic E-state index is 0.816. The summed E-state index contributed by atoms with van der Waals surface area (Å²) in [6.07, 6.45) is 1.09. The predicted octanol–water partition coefficient (Wildman–Crippen LogP) is 4.33. The Bertz CT molecular complexity index is 773. The van der Waals surface area contributed by atoms with Crippen molar-refractivity contribution in [2.45, 2.75) is 13.0 Å². The van der Waals surface area contributed by atoms with Gasteiger partial charge < -0.3 is 9.47 Å². The van der Waals surface area contributed by atoms with Crippen LogP contribution in [-0.4, -0.2) is 23.1 Å². The van der Waals surface area contributed by atoms with Crippen LogP contribution in [0, 0.1) is 0 Å². The first kappa shape index (κ1) is 12.5. The van der Waals surface area contributed by atoms with E-state index in [1.807, 2.05) is 6.07 Å². The maximum absolute atomic E-state index is 6.21. The van der Waals surface area contributed by atoms with Crippen molar-refractivity contribution in [2.24, 2.45) is 0 Å². The molecule has 2 nitrogen and oxygen atoms in total. The van der Waals surface area contributed by atoms with Gasteiger partial charge in [0.1, 0.15) is 0 Å². The maximum atomic E-state index is 6.21. The third kappa shape index (κ3) is 1.81. The third-order valence-corrected chi connectivity index (χ3v) is 4.97. The van der Waals surface area contributed by atoms with Crippen LogP contribution in [0.4, 0.5) is 0 Å². The van der Waals surface area contributed by atoms with Crippen molar-refractivity contribution in [3.05, 3.63) is 51.3 Å². The van der Waals surface area contributed by atoms with Gasteiger partial charge in [-0.3, -0.25) is 0 Å². The largest absolute Gasteiger partial charge is 0.312 e. The van der Waals surface area contributed by atoms with Gasteiger partial charge in [0.15, 0.2) is 0 Å². The second-order valence-electron chi connectivity index (χ2n) is 5.39. The Morgan fingerprint density at radius 2 is 2.15 bits per heavy atom. The average Bonchev–Trinajstić information content (AvgIpc) is 3.04. The molecule has 3 aromatic rings. The summed E-state index contributed by atoms with van der Waals surface area (Å²) in [4.78, 5) is 2.38. The Kier molecular flexibility index (Phi) is 2.88. The van der Waals surface area contributed by atoms with Crippen LogP contribution in [0.25, 0.3) is 16.6 Å². The molecule has 2 aromatic heterocycles. The first-order valence-corrected chi connectivity index (χ1v) is 8.09. The lowest BCUT2D eigenvalue weighted by Gasteiger charge is -2.24. The molecule has 1 aliphatic heterocycles. The highest BCUT2D eigenvalue weighted by Crippen LogP contribution is 2.35. The van der Waals surface area contributed by atoms with Crippen molar-refractivity contribution < 1.29 is 0 Å². The second kappa shape index (κ2) is 4.62. The van der Waals surface area contributed by atoms with Gasteiger partial charge in [-0.2, -0.15) is 11.3 Å². The van der Waals surface area contributed by atoms with E-state index in [0.29, 0.717) is 0 Å². The van der Waals surface area contributed by atoms with Crippen molar-refractivity contribution in [3.8, 4) is 5.69 Å². The molecule has 20 heavy (non-hydrogen) atoms. The van der Waals surface area contributed by atoms with Gasteiger partial charge in [-0.05, 0) is 42.3 Å². The van der Waals surface area contributed by atoms with Crippen molar-refractivity contribution >= 4 is 33.8 Å². The molecule has 0 N–H and O–H groups in total. The van der Waals surface area contributed by atoms with Crippen LogP contribution >= 0.6 is 22.9 Å². The zero-order valence-corrected chi connectivity index (χ0v) is 12.8. The molecule has 0 radical (unpaired) electrons. The number of hydrogen-bond acceptors (Lipinski definition) is 2. The normalized spacial score (nSPS) is 15.7. The number of benzene rings is 1. The van der Waals surface area contributed by atoms with E-state index in [2.05, 4.69) is 45.5 Å². The molecule has 0 saturated heterocycles. The third-order valence-electron chi connectivity index (χ3n) is 4.07. The lowest BCUT2D eigenvalue weighted by Crippen LogP contribution is -2.27. The van der Waals surface area contributed by atoms with Gasteiger partial charge in [0.25, 0.3) is 0 Å². The van der Waals surface area contributed by atoms with E-state index in [1.165, 1.54) is 27.8 Å². The van der Waals surface area contributed by atoms with Crippen molar-refractivity contribution in [1.82, 2.24) is 9.47 Å². The number of rotatable bonds is 1. The highest BCUT2D eigenvalue weighted by atomic mass is 35.5. The molecule has 0 amide bonds. The molecule has 0 aliphatic carbocycles. The van der Waals surface area contributed by atoms with Gasteiger partial charge in [0, 0.05) is 41.0 Å². The molecule has 0 fully saturated rings. The monoisotopic (exact) mass is 302 g/mol. The van der Waals surface area contributed by atoms with Crippen molar-refractivity contribution in [1.29, 1.82) is 0 Å². The van der Waals surface area contributed by atoms with Gasteiger partial charge in [-0.1, -0.05) is 11.6 Å². The molecule has 1 aliphatic rings. The minimum Gasteiger partial charge on any atom is -0.312 e. The number of fused-ring (bicyclic) bond motifs is 3. The summed E-state index contributed by atoms with van der Waals surface area (Å²) in [5, 5.41) is 6.46. The molecule has 0 bridgehead atoms. The summed E-state index contributed by atoms with van der Waals surface area (Å²) < 4.78 is 2.41. The quantitative estimate of drug-likeness (QED) is 0.649. The predicted molar refractivity (Wildman–Crippen MR) is 86.2 cm³/mol. The van der Waals surface area contributed by atoms with Crippen molar-refractivity contribution in [2.75, 3.05) is 13.6 Å². The number of likely N-dealkylation sites (N-methyl/N-ethyl adjacent to an activating group) is 1. The Morgan fingerprint density at radius 3 is 2.95 bits per heavy atom. The summed E-state index contributed by atoms with van der Waals surface area (Å²) >= 11 is 7.95. The molecule has 0 unspecified atom stereocenters. The van der Waals surface area contributed by atoms with Gasteiger partial charge in [-0.15, -0.1) is 0 Å². The zero-order valence-electron chi connectivity index (χ0n) is 11.3. The smallest absolute Gasteiger partial charge is 0.0565 e. The van der Waals surface area contributed by atoms with Gasteiger partial charge in [-0.25, -0.2) is 0 Å². The van der Waals surface area contributed by atoms with E-state index < -0.39 is 0 Å². The molecular formula is C16H15ClN2S. The summed E-state index contributed by atoms with van der Waals surface area (Å²) in [6, 6.07) is 8.44. The highest BCUT2D eigenvalue weighted by molar-refractivity contribution is 7.08. The average molecular weight is 303 g/mol. The molecule has 4 heteroatoms. The molecule has 102 valence electrons. The van der Waals surface area contributed by atoms with E-state index in [1.54, 1.807) is 11.3 Å². The van der Waals surface area contributed by atoms with E-state index in [0.717, 1.165) is 24.5 Å². The molecular weight excluding hydrogens is 288 g/mol. The number of halogens is 1. The molecule has 0 spiro atoms. The summed E-state index contributed by atoms with van der Waals surface area (Å²) in [7, 11) is 2.18. The fourth-order valence-corrected chi connectivity index (χ4v) is 3.94. The van der Waals surface area contributed by atoms with Gasteiger partial charge in [0.2, 0.25) is 0 Å². The van der Waals surface area contributed by atoms with Crippen LogP contribution in [0.3, 0.4) is 0 Å². The van der Waals surface area contributed by atoms with Crippen LogP contribution in [0.5, 0.6) is 0 Å². The second-order valence-corrected chi connectivity index (χ2v) is 6.61. The number of aromatic nitrogens is 1. The van der Waals surface area contributed by atoms with Crippen LogP contribution < -0.4 is 0 Å². The summed E-state index contributed by atoms with van der Waals surface area (Å²) in [6.45, 7) is 2.12. The molecule has 0 atom stereocenters. The number of thiophene rings is 1. The van der Waals surface area contributed by atoms with Crippen LogP contribution in [0.2, 0.25) is 5.02 Å². The first-order valence-electron chi connectivity index (χ1n) is 6.77. The fraction of sp³-hybridized carbons (Fsp3) is 0.250. The summed E-state index contributed by atoms with van der Waals surface area (Å²) in [5.41, 5.74) is 5.42. The molecule has 0 saturated carbocycles. The topological polar surface area (TPSA) is 8.17 Å². The number of hydrogen-bond donors (Lipinski definition) is 0. The lowest BCUT2D eigenvalue weighted by atomic mass is 10.1. The Morgan fingerprint density at radius 1 is 1.25 bits per heavy atom. The van der Waals surface area contributed by atoms with Gasteiger partial charge >= 0.3 is 0 Å². The molecule has 3 heterocycles. The van der Waals surface area contributed by atoms with Gasteiger partial charge in [0.05, 0.1) is 11.2 Å². The Labute approximate surface area is 127 Å². The Balaban J connectivity index is 2.08. The molecule has 4 rings (SSSR count). The standard InChI is InChI=1S/C16H15ClN2S/c1-18-6-4-16-14(9-18)13-8-11(17)2-3-15(13)19(16)12-5-7-20-10-12/h2-3,5,7-8,10H,4,6,9H2,1H3. The SMILES string of the molecule is CN1CCc2c(c3cc(Cl)ccc3n2-c2ccsc2)C1. The van der Waals surface area contributed by atoms with Crippen molar-refractivity contribution in [3.63, 3.8) is 0 Å². The summed E-state index contributed by atoms with van der Waals surface area (Å²) in [5.74, 6) is 0. The van der Waals surface area contributed by atoms with Crippen LogP contribution in [0.1, 0.15) is 11.3 Å². The maximum Gasteiger partial charge on any atom is 0.0565 e. The van der Waals surface area contributed by atoms with E-state index in [-0.39, 0.29) is 0 Å². The highest BCUT2D eigenvalue weighted by Gasteiger charge is 2.23. The number of nitrogens with zero attached hydrogens (tertiary/aromatic N) is 2. The minimum absolute atomic E-state index is 0.816. The molecule has 1 aromatic carbocycles. The lowest BCUT2D eigenvalue weighted by molar-refractivity contribution is 0.311. The van der Waals surface area contributed by atoms with Crippen LogP contribution in [0.15, 0.2) is 35.0 Å². The van der Waals surface area contributed by atoms with E-state index >= 15 is 0 Å². The first-order chi connectivity index (χ1) is 9.74. The Hall–Kier alpha value is -1.29. The fourth-order valence-electron chi connectivity index (χ4n) is 3.15. The zero-order chi connectivity index (χ0) is 13.7. The van der Waals surface area contributed by atoms with Crippen LogP contribution in [-0.2, 0) is 13.0 Å². The van der Waals surface area contributed by atoms with E-state index in [4.69, 9.17) is 11.6 Å². The van der Waals surface area contributed by atoms with E-state index in [9.17, 15) is 0 Å².